The highest BCUT2D eigenvalue weighted by Gasteiger charge is 2.14. The van der Waals surface area contributed by atoms with Crippen LogP contribution < -0.4 is 11.2 Å². The number of hydrogen-bond acceptors (Lipinski definition) is 6. The number of hydrogen-bond donors (Lipinski definition) is 2. The highest BCUT2D eigenvalue weighted by Crippen LogP contribution is 2.17. The van der Waals surface area contributed by atoms with Crippen LogP contribution in [0.25, 0.3) is 5.69 Å². The summed E-state index contributed by atoms with van der Waals surface area (Å²) in [4.78, 5) is 41.8. The minimum atomic E-state index is -0.764. The average molecular weight is 365 g/mol. The van der Waals surface area contributed by atoms with Gasteiger partial charge in [0.25, 0.3) is 5.56 Å². The van der Waals surface area contributed by atoms with E-state index < -0.39 is 23.1 Å². The number of aromatic hydroxyl groups is 1. The highest BCUT2D eigenvalue weighted by atomic mass is 16.5. The maximum atomic E-state index is 12.1. The Morgan fingerprint density at radius 2 is 1.78 bits per heavy atom. The van der Waals surface area contributed by atoms with Crippen molar-refractivity contribution in [2.45, 2.75) is 0 Å². The van der Waals surface area contributed by atoms with Crippen LogP contribution in [0.4, 0.5) is 5.69 Å². The molecular formula is C19H15N3O5. The Kier molecular flexibility index (Phi) is 4.98. The quantitative estimate of drug-likeness (QED) is 0.540. The van der Waals surface area contributed by atoms with Gasteiger partial charge in [0.15, 0.2) is 0 Å². The van der Waals surface area contributed by atoms with Crippen LogP contribution in [0.2, 0.25) is 0 Å². The molecule has 0 saturated carbocycles. The number of para-hydroxylation sites is 1. The van der Waals surface area contributed by atoms with E-state index in [2.05, 4.69) is 14.7 Å². The summed E-state index contributed by atoms with van der Waals surface area (Å²) in [6.45, 7) is 0. The third-order valence-electron chi connectivity index (χ3n) is 3.77. The van der Waals surface area contributed by atoms with Crippen molar-refractivity contribution in [1.29, 1.82) is 0 Å². The van der Waals surface area contributed by atoms with E-state index in [1.54, 1.807) is 42.5 Å². The second-order valence-electron chi connectivity index (χ2n) is 5.46. The van der Waals surface area contributed by atoms with E-state index in [1.165, 1.54) is 19.2 Å². The lowest BCUT2D eigenvalue weighted by molar-refractivity contribution is 0.0601. The SMILES string of the molecule is COC(=O)c1ccc(N=Cc2c(O)n(-c3ccccc3)c(=O)[nH]c2=O)cc1. The molecule has 0 aliphatic carbocycles. The lowest BCUT2D eigenvalue weighted by atomic mass is 10.2. The molecule has 8 heteroatoms. The minimum Gasteiger partial charge on any atom is -0.493 e. The van der Waals surface area contributed by atoms with Gasteiger partial charge in [0.05, 0.1) is 24.0 Å². The van der Waals surface area contributed by atoms with Crippen molar-refractivity contribution in [3.05, 3.63) is 86.6 Å². The molecule has 3 aromatic rings. The molecule has 1 aromatic heterocycles. The van der Waals surface area contributed by atoms with E-state index in [4.69, 9.17) is 0 Å². The first-order valence-corrected chi connectivity index (χ1v) is 7.87. The fraction of sp³-hybridized carbons (Fsp3) is 0.0526. The van der Waals surface area contributed by atoms with Gasteiger partial charge in [0, 0.05) is 6.21 Å². The van der Waals surface area contributed by atoms with Gasteiger partial charge in [-0.05, 0) is 36.4 Å². The number of ether oxygens (including phenoxy) is 1. The van der Waals surface area contributed by atoms with Gasteiger partial charge in [-0.15, -0.1) is 0 Å². The normalized spacial score (nSPS) is 10.9. The number of rotatable bonds is 4. The number of nitrogens with one attached hydrogen (secondary N) is 1. The molecule has 1 heterocycles. The highest BCUT2D eigenvalue weighted by molar-refractivity contribution is 5.90. The van der Waals surface area contributed by atoms with Crippen molar-refractivity contribution >= 4 is 17.9 Å². The molecule has 0 bridgehead atoms. The lowest BCUT2D eigenvalue weighted by Gasteiger charge is -2.09. The van der Waals surface area contributed by atoms with Crippen molar-refractivity contribution in [2.24, 2.45) is 4.99 Å². The van der Waals surface area contributed by atoms with Gasteiger partial charge in [-0.25, -0.2) is 14.2 Å². The van der Waals surface area contributed by atoms with E-state index >= 15 is 0 Å². The number of aliphatic imine (C=N–C) groups is 1. The van der Waals surface area contributed by atoms with Crippen LogP contribution in [0.15, 0.2) is 69.2 Å². The van der Waals surface area contributed by atoms with Crippen molar-refractivity contribution < 1.29 is 14.6 Å². The molecule has 27 heavy (non-hydrogen) atoms. The number of carbonyl (C=O) groups excluding carboxylic acids is 1. The van der Waals surface area contributed by atoms with Gasteiger partial charge < -0.3 is 9.84 Å². The van der Waals surface area contributed by atoms with Crippen LogP contribution in [0.3, 0.4) is 0 Å². The molecule has 0 fully saturated rings. The summed E-state index contributed by atoms with van der Waals surface area (Å²) in [6, 6.07) is 14.5. The maximum absolute atomic E-state index is 12.1. The molecule has 0 radical (unpaired) electrons. The van der Waals surface area contributed by atoms with Gasteiger partial charge in [0.1, 0.15) is 5.56 Å². The number of H-pyrrole nitrogens is 1. The first-order valence-electron chi connectivity index (χ1n) is 7.87. The molecule has 0 aliphatic rings. The molecule has 136 valence electrons. The van der Waals surface area contributed by atoms with Crippen LogP contribution >= 0.6 is 0 Å². The molecule has 8 nitrogen and oxygen atoms in total. The van der Waals surface area contributed by atoms with Crippen LogP contribution in [0, 0.1) is 0 Å². The Morgan fingerprint density at radius 3 is 2.41 bits per heavy atom. The van der Waals surface area contributed by atoms with Gasteiger partial charge >= 0.3 is 11.7 Å². The minimum absolute atomic E-state index is 0.171. The summed E-state index contributed by atoms with van der Waals surface area (Å²) < 4.78 is 5.59. The number of benzene rings is 2. The van der Waals surface area contributed by atoms with Crippen LogP contribution in [-0.4, -0.2) is 34.0 Å². The standard InChI is InChI=1S/C19H15N3O5/c1-27-18(25)12-7-9-13(10-8-12)20-11-15-16(23)21-19(26)22(17(15)24)14-5-3-2-4-6-14/h2-11,24H,1H3,(H,21,23,26). The summed E-state index contributed by atoms with van der Waals surface area (Å²) in [6.07, 6.45) is 1.15. The zero-order chi connectivity index (χ0) is 19.4. The number of nitrogens with zero attached hydrogens (tertiary/aromatic N) is 2. The number of aromatic nitrogens is 2. The summed E-state index contributed by atoms with van der Waals surface area (Å²) in [5.41, 5.74) is -0.500. The molecule has 0 spiro atoms. The van der Waals surface area contributed by atoms with Crippen molar-refractivity contribution in [2.75, 3.05) is 7.11 Å². The molecule has 3 rings (SSSR count). The molecule has 0 aliphatic heterocycles. The van der Waals surface area contributed by atoms with Crippen LogP contribution in [0.1, 0.15) is 15.9 Å². The first kappa shape index (κ1) is 17.9. The average Bonchev–Trinajstić information content (AvgIpc) is 2.68. The van der Waals surface area contributed by atoms with E-state index in [1.807, 2.05) is 0 Å². The van der Waals surface area contributed by atoms with E-state index in [0.717, 1.165) is 10.8 Å². The number of methoxy groups -OCH3 is 1. The molecule has 2 N–H and O–H groups in total. The zero-order valence-electron chi connectivity index (χ0n) is 14.2. The monoisotopic (exact) mass is 365 g/mol. The fourth-order valence-electron chi connectivity index (χ4n) is 2.41. The van der Waals surface area contributed by atoms with E-state index in [-0.39, 0.29) is 5.56 Å². The third-order valence-corrected chi connectivity index (χ3v) is 3.77. The Labute approximate surface area is 153 Å². The Bertz CT molecular complexity index is 1110. The number of aromatic amines is 1. The Balaban J connectivity index is 2.00. The van der Waals surface area contributed by atoms with Gasteiger partial charge in [-0.3, -0.25) is 14.8 Å². The molecular weight excluding hydrogens is 350 g/mol. The molecule has 0 amide bonds. The largest absolute Gasteiger partial charge is 0.493 e. The second-order valence-corrected chi connectivity index (χ2v) is 5.46. The predicted molar refractivity (Wildman–Crippen MR) is 99.4 cm³/mol. The maximum Gasteiger partial charge on any atom is 0.337 e. The Morgan fingerprint density at radius 1 is 1.11 bits per heavy atom. The van der Waals surface area contributed by atoms with E-state index in [0.29, 0.717) is 16.9 Å². The van der Waals surface area contributed by atoms with Crippen LogP contribution in [0.5, 0.6) is 5.88 Å². The zero-order valence-corrected chi connectivity index (χ0v) is 14.2. The van der Waals surface area contributed by atoms with Gasteiger partial charge in [-0.2, -0.15) is 0 Å². The fourth-order valence-corrected chi connectivity index (χ4v) is 2.41. The first-order chi connectivity index (χ1) is 13.0. The lowest BCUT2D eigenvalue weighted by Crippen LogP contribution is -2.31. The van der Waals surface area contributed by atoms with Gasteiger partial charge in [0.2, 0.25) is 5.88 Å². The topological polar surface area (TPSA) is 114 Å². The number of carbonyl (C=O) groups is 1. The summed E-state index contributed by atoms with van der Waals surface area (Å²) in [5, 5.41) is 10.4. The second kappa shape index (κ2) is 7.52. The summed E-state index contributed by atoms with van der Waals surface area (Å²) in [5.74, 6) is -1.00. The predicted octanol–water partition coefficient (Wildman–Crippen LogP) is 1.77. The smallest absolute Gasteiger partial charge is 0.337 e. The summed E-state index contributed by atoms with van der Waals surface area (Å²) >= 11 is 0. The molecule has 0 unspecified atom stereocenters. The third kappa shape index (κ3) is 3.69. The van der Waals surface area contributed by atoms with Crippen molar-refractivity contribution in [1.82, 2.24) is 9.55 Å². The molecule has 2 aromatic carbocycles. The van der Waals surface area contributed by atoms with Gasteiger partial charge in [-0.1, -0.05) is 18.2 Å². The number of esters is 1. The van der Waals surface area contributed by atoms with Crippen molar-refractivity contribution in [3.63, 3.8) is 0 Å². The molecule has 0 saturated heterocycles. The van der Waals surface area contributed by atoms with Crippen LogP contribution in [-0.2, 0) is 4.74 Å². The summed E-state index contributed by atoms with van der Waals surface area (Å²) in [7, 11) is 1.28. The van der Waals surface area contributed by atoms with E-state index in [9.17, 15) is 19.5 Å². The Hall–Kier alpha value is -3.94. The molecule has 0 atom stereocenters. The van der Waals surface area contributed by atoms with Crippen molar-refractivity contribution in [3.8, 4) is 11.6 Å².